The number of nitrogens with one attached hydrogen (secondary N) is 3. The van der Waals surface area contributed by atoms with Crippen LogP contribution in [0.1, 0.15) is 95.7 Å². The molecule has 2 unspecified atom stereocenters. The van der Waals surface area contributed by atoms with E-state index in [9.17, 15) is 19.2 Å². The highest BCUT2D eigenvalue weighted by Crippen LogP contribution is 2.42. The number of benzene rings is 3. The first kappa shape index (κ1) is 41.4. The molecule has 3 aliphatic heterocycles. The molecule has 0 spiro atoms. The number of amides is 3. The van der Waals surface area contributed by atoms with Crippen molar-refractivity contribution in [3.05, 3.63) is 76.0 Å². The summed E-state index contributed by atoms with van der Waals surface area (Å²) in [4.78, 5) is 54.8. The van der Waals surface area contributed by atoms with E-state index in [1.54, 1.807) is 42.6 Å². The second-order valence-corrected chi connectivity index (χ2v) is 16.2. The van der Waals surface area contributed by atoms with Crippen molar-refractivity contribution in [3.63, 3.8) is 0 Å². The van der Waals surface area contributed by atoms with Gasteiger partial charge in [0.25, 0.3) is 0 Å². The topological polar surface area (TPSA) is 142 Å². The number of carbonyl (C=O) groups is 3. The molecule has 3 N–H and O–H groups in total. The number of imidazole rings is 1. The molecule has 7 rings (SSSR count). The van der Waals surface area contributed by atoms with Gasteiger partial charge in [0.15, 0.2) is 0 Å². The minimum atomic E-state index is -0.726. The number of hydrogen-bond acceptors (Lipinski definition) is 8. The summed E-state index contributed by atoms with van der Waals surface area (Å²) in [5, 5.41) is 13.6. The molecule has 1 aromatic heterocycles. The average Bonchev–Trinajstić information content (AvgIpc) is 3.77. The number of hydrogen-bond donors (Lipinski definition) is 3. The first-order valence-corrected chi connectivity index (χ1v) is 20.8. The molecule has 0 bridgehead atoms. The molecule has 13 heteroatoms. The summed E-state index contributed by atoms with van der Waals surface area (Å²) in [6.07, 6.45) is 6.59. The average molecular weight is 804 g/mol. The van der Waals surface area contributed by atoms with Crippen LogP contribution in [-0.2, 0) is 26.2 Å². The summed E-state index contributed by atoms with van der Waals surface area (Å²) in [6.45, 7) is 8.36. The summed E-state index contributed by atoms with van der Waals surface area (Å²) in [5.41, 5.74) is 5.43. The number of rotatable bonds is 12. The van der Waals surface area contributed by atoms with Gasteiger partial charge in [-0.3, -0.25) is 28.8 Å². The van der Waals surface area contributed by atoms with Gasteiger partial charge in [0.1, 0.15) is 18.5 Å². The molecule has 2 atom stereocenters. The van der Waals surface area contributed by atoms with E-state index in [1.807, 2.05) is 36.4 Å². The number of imide groups is 1. The van der Waals surface area contributed by atoms with Gasteiger partial charge in [-0.1, -0.05) is 37.3 Å². The van der Waals surface area contributed by atoms with E-state index in [1.165, 1.54) is 4.57 Å². The standard InChI is InChI=1S/C46H54FN7O5/c1-6-46(22-25-52(26-23-46)36-11-7-12-37-43(36)51(5)45(58)54(37)38-18-19-39(55)50-44(38)57)21-20-29(2)59-27-9-10-31-28-32(53-24-8-13-40(53)56)14-15-33(31)34-16-17-35(49-4)41(30(3)48)42(34)47/h7,11-12,14-17,28-29,38,48-49H,6,8,13,18-27H2,1-5H3,(H,50,55,57). The Hall–Kier alpha value is -5.74. The van der Waals surface area contributed by atoms with Crippen LogP contribution in [0, 0.1) is 28.5 Å². The van der Waals surface area contributed by atoms with Gasteiger partial charge in [-0.25, -0.2) is 9.18 Å². The number of aryl methyl sites for hydroxylation is 1. The zero-order valence-corrected chi connectivity index (χ0v) is 34.7. The minimum absolute atomic E-state index is 0.0428. The van der Waals surface area contributed by atoms with Crippen molar-refractivity contribution in [2.75, 3.05) is 48.4 Å². The molecule has 3 fully saturated rings. The van der Waals surface area contributed by atoms with E-state index in [0.29, 0.717) is 47.3 Å². The number of ether oxygens (including phenoxy) is 1. The van der Waals surface area contributed by atoms with Crippen LogP contribution in [0.15, 0.2) is 53.3 Å². The summed E-state index contributed by atoms with van der Waals surface area (Å²) in [7, 11) is 3.45. The number of piperidine rings is 2. The van der Waals surface area contributed by atoms with Gasteiger partial charge in [0.2, 0.25) is 17.7 Å². The van der Waals surface area contributed by atoms with Crippen molar-refractivity contribution in [2.24, 2.45) is 12.5 Å². The molecule has 0 radical (unpaired) electrons. The zero-order valence-electron chi connectivity index (χ0n) is 34.7. The first-order chi connectivity index (χ1) is 28.4. The number of para-hydroxylation sites is 1. The molecular formula is C46H54FN7O5. The Balaban J connectivity index is 1.02. The van der Waals surface area contributed by atoms with Gasteiger partial charge >= 0.3 is 5.69 Å². The highest BCUT2D eigenvalue weighted by Gasteiger charge is 2.36. The second kappa shape index (κ2) is 17.2. The highest BCUT2D eigenvalue weighted by molar-refractivity contribution is 6.03. The van der Waals surface area contributed by atoms with Crippen LogP contribution in [-0.4, -0.2) is 72.0 Å². The number of fused-ring (bicyclic) bond motifs is 1. The largest absolute Gasteiger partial charge is 0.387 e. The Bertz CT molecular complexity index is 2430. The Morgan fingerprint density at radius 1 is 1.07 bits per heavy atom. The van der Waals surface area contributed by atoms with E-state index in [2.05, 4.69) is 41.2 Å². The summed E-state index contributed by atoms with van der Waals surface area (Å²) < 4.78 is 25.4. The molecule has 0 aliphatic carbocycles. The van der Waals surface area contributed by atoms with E-state index in [0.717, 1.165) is 68.5 Å². The number of anilines is 3. The molecule has 59 heavy (non-hydrogen) atoms. The van der Waals surface area contributed by atoms with Crippen LogP contribution in [0.4, 0.5) is 21.5 Å². The maximum atomic E-state index is 16.0. The lowest BCUT2D eigenvalue weighted by molar-refractivity contribution is -0.135. The van der Waals surface area contributed by atoms with Crippen LogP contribution >= 0.6 is 0 Å². The van der Waals surface area contributed by atoms with Crippen LogP contribution in [0.2, 0.25) is 0 Å². The third-order valence-corrected chi connectivity index (χ3v) is 12.7. The fraction of sp³-hybridized carbons (Fsp3) is 0.457. The van der Waals surface area contributed by atoms with Gasteiger partial charge in [-0.05, 0) is 94.2 Å². The molecule has 0 saturated carbocycles. The molecule has 12 nitrogen and oxygen atoms in total. The Labute approximate surface area is 344 Å². The number of nitrogens with zero attached hydrogens (tertiary/aromatic N) is 4. The molecule has 3 amide bonds. The molecule has 310 valence electrons. The SMILES string of the molecule is CCC1(CCC(C)OCC#Cc2cc(N3CCCC3=O)ccc2-c2ccc(NC)c(C(C)=N)c2F)CCN(c2cccc3c2n(C)c(=O)n3C2CCC(=O)NC2=O)CC1. The van der Waals surface area contributed by atoms with Gasteiger partial charge < -0.3 is 25.3 Å². The third-order valence-electron chi connectivity index (χ3n) is 12.7. The fourth-order valence-corrected chi connectivity index (χ4v) is 9.13. The van der Waals surface area contributed by atoms with Crippen molar-refractivity contribution in [3.8, 4) is 23.0 Å². The lowest BCUT2D eigenvalue weighted by atomic mass is 9.72. The molecule has 3 aromatic carbocycles. The highest BCUT2D eigenvalue weighted by atomic mass is 19.1. The number of aromatic nitrogens is 2. The number of carbonyl (C=O) groups excluding carboxylic acids is 3. The molecule has 4 heterocycles. The van der Waals surface area contributed by atoms with E-state index in [-0.39, 0.29) is 53.3 Å². The maximum Gasteiger partial charge on any atom is 0.329 e. The van der Waals surface area contributed by atoms with Crippen molar-refractivity contribution >= 4 is 51.5 Å². The van der Waals surface area contributed by atoms with Gasteiger partial charge in [0, 0.05) is 80.3 Å². The van der Waals surface area contributed by atoms with E-state index in [4.69, 9.17) is 10.1 Å². The Kier molecular flexibility index (Phi) is 12.1. The first-order valence-electron chi connectivity index (χ1n) is 20.8. The molecular weight excluding hydrogens is 750 g/mol. The zero-order chi connectivity index (χ0) is 42.0. The van der Waals surface area contributed by atoms with Gasteiger partial charge in [-0.2, -0.15) is 0 Å². The minimum Gasteiger partial charge on any atom is -0.387 e. The normalized spacial score (nSPS) is 18.5. The lowest BCUT2D eigenvalue weighted by Crippen LogP contribution is -2.44. The summed E-state index contributed by atoms with van der Waals surface area (Å²) in [6, 6.07) is 14.1. The van der Waals surface area contributed by atoms with Crippen LogP contribution in [0.3, 0.4) is 0 Å². The van der Waals surface area contributed by atoms with Crippen LogP contribution in [0.5, 0.6) is 0 Å². The smallest absolute Gasteiger partial charge is 0.329 e. The predicted molar refractivity (Wildman–Crippen MR) is 230 cm³/mol. The monoisotopic (exact) mass is 803 g/mol. The quantitative estimate of drug-likeness (QED) is 0.0803. The van der Waals surface area contributed by atoms with Crippen molar-refractivity contribution in [1.82, 2.24) is 14.5 Å². The van der Waals surface area contributed by atoms with Crippen LogP contribution < -0.4 is 26.1 Å². The third kappa shape index (κ3) is 8.15. The second-order valence-electron chi connectivity index (χ2n) is 16.2. The van der Waals surface area contributed by atoms with Crippen molar-refractivity contribution in [2.45, 2.75) is 90.7 Å². The van der Waals surface area contributed by atoms with Crippen molar-refractivity contribution in [1.29, 1.82) is 5.41 Å². The van der Waals surface area contributed by atoms with E-state index >= 15 is 4.39 Å². The van der Waals surface area contributed by atoms with Crippen molar-refractivity contribution < 1.29 is 23.5 Å². The molecule has 4 aromatic rings. The Morgan fingerprint density at radius 2 is 1.83 bits per heavy atom. The maximum absolute atomic E-state index is 16.0. The molecule has 3 aliphatic rings. The summed E-state index contributed by atoms with van der Waals surface area (Å²) >= 11 is 0. The molecule has 3 saturated heterocycles. The number of halogens is 1. The summed E-state index contributed by atoms with van der Waals surface area (Å²) in [5.74, 6) is 5.20. The lowest BCUT2D eigenvalue weighted by Gasteiger charge is -2.43. The predicted octanol–water partition coefficient (Wildman–Crippen LogP) is 6.91. The fourth-order valence-electron chi connectivity index (χ4n) is 9.13. The van der Waals surface area contributed by atoms with Crippen LogP contribution in [0.25, 0.3) is 22.2 Å². The van der Waals surface area contributed by atoms with Gasteiger partial charge in [0.05, 0.1) is 28.4 Å². The van der Waals surface area contributed by atoms with E-state index < -0.39 is 17.8 Å². The van der Waals surface area contributed by atoms with Gasteiger partial charge in [-0.15, -0.1) is 0 Å². The Morgan fingerprint density at radius 3 is 2.51 bits per heavy atom.